The number of hydrogen-bond donors (Lipinski definition) is 3. The van der Waals surface area contributed by atoms with Crippen LogP contribution >= 0.6 is 15.6 Å². The second-order valence-electron chi connectivity index (χ2n) is 26.2. The highest BCUT2D eigenvalue weighted by Gasteiger charge is 2.30. The van der Waals surface area contributed by atoms with Crippen LogP contribution in [0.25, 0.3) is 0 Å². The number of aliphatic hydroxyl groups is 1. The fraction of sp³-hybridized carbons (Fsp3) is 0.944. The first kappa shape index (κ1) is 89.1. The predicted molar refractivity (Wildman–Crippen MR) is 368 cm³/mol. The largest absolute Gasteiger partial charge is 0.472 e. The van der Waals surface area contributed by atoms with E-state index in [0.717, 1.165) is 109 Å². The number of phosphoric ester groups is 2. The van der Waals surface area contributed by atoms with E-state index in [9.17, 15) is 43.2 Å². The third-order valence-corrected chi connectivity index (χ3v) is 19.0. The van der Waals surface area contributed by atoms with E-state index < -0.39 is 97.5 Å². The molecule has 540 valence electrons. The van der Waals surface area contributed by atoms with Crippen LogP contribution in [0.5, 0.6) is 0 Å². The lowest BCUT2D eigenvalue weighted by Crippen LogP contribution is -2.30. The highest BCUT2D eigenvalue weighted by molar-refractivity contribution is 7.47. The number of carbonyl (C=O) groups is 4. The molecule has 6 atom stereocenters. The average molecular weight is 1340 g/mol. The lowest BCUT2D eigenvalue weighted by Gasteiger charge is -2.21. The van der Waals surface area contributed by atoms with Gasteiger partial charge in [-0.15, -0.1) is 0 Å². The van der Waals surface area contributed by atoms with Gasteiger partial charge in [0.1, 0.15) is 19.3 Å². The van der Waals surface area contributed by atoms with Crippen molar-refractivity contribution in [2.24, 2.45) is 5.92 Å². The van der Waals surface area contributed by atoms with Gasteiger partial charge in [-0.05, 0) is 31.6 Å². The van der Waals surface area contributed by atoms with E-state index in [-0.39, 0.29) is 25.7 Å². The molecular weight excluding hydrogens is 1200 g/mol. The van der Waals surface area contributed by atoms with Crippen LogP contribution in [0.4, 0.5) is 0 Å². The molecule has 0 radical (unpaired) electrons. The van der Waals surface area contributed by atoms with E-state index in [1.54, 1.807) is 0 Å². The number of aliphatic hydroxyl groups excluding tert-OH is 1. The number of rotatable bonds is 72. The first-order valence-corrected chi connectivity index (χ1v) is 40.7. The fourth-order valence-corrected chi connectivity index (χ4v) is 12.5. The smallest absolute Gasteiger partial charge is 0.462 e. The number of hydrogen-bond acceptors (Lipinski definition) is 15. The summed E-state index contributed by atoms with van der Waals surface area (Å²) in [6.07, 6.45) is 52.7. The summed E-state index contributed by atoms with van der Waals surface area (Å²) in [4.78, 5) is 72.5. The number of phosphoric acid groups is 2. The van der Waals surface area contributed by atoms with Crippen LogP contribution in [0.1, 0.15) is 375 Å². The Kier molecular flexibility index (Phi) is 64.0. The summed E-state index contributed by atoms with van der Waals surface area (Å²) in [6, 6.07) is 0. The van der Waals surface area contributed by atoms with Gasteiger partial charge in [0.05, 0.1) is 26.4 Å². The van der Waals surface area contributed by atoms with Crippen LogP contribution in [-0.2, 0) is 65.4 Å². The van der Waals surface area contributed by atoms with Crippen molar-refractivity contribution in [1.29, 1.82) is 0 Å². The molecule has 0 aliphatic carbocycles. The SMILES string of the molecule is CCCCCCCCCCCCCCCCCC(=O)OC[C@H](COP(=O)(O)OC[C@@H](O)COP(=O)(O)OC[C@@H](COC(=O)CCCCCCCCC)OC(=O)CCCCCCCCCCCCC(C)CC)OC(=O)CCCCCCCCCCCCCCCCC. The molecule has 0 saturated heterocycles. The highest BCUT2D eigenvalue weighted by Crippen LogP contribution is 2.45. The molecule has 0 heterocycles. The normalized spacial score (nSPS) is 14.3. The van der Waals surface area contributed by atoms with Gasteiger partial charge in [-0.3, -0.25) is 37.3 Å². The van der Waals surface area contributed by atoms with Gasteiger partial charge < -0.3 is 33.8 Å². The zero-order valence-corrected chi connectivity index (χ0v) is 60.8. The van der Waals surface area contributed by atoms with E-state index in [4.69, 9.17) is 37.0 Å². The van der Waals surface area contributed by atoms with Gasteiger partial charge in [0.25, 0.3) is 0 Å². The number of unbranched alkanes of at least 4 members (excludes halogenated alkanes) is 43. The van der Waals surface area contributed by atoms with Crippen molar-refractivity contribution in [3.8, 4) is 0 Å². The zero-order chi connectivity index (χ0) is 67.0. The molecule has 0 aromatic rings. The maximum absolute atomic E-state index is 13.0. The Labute approximate surface area is 556 Å². The molecule has 0 aliphatic heterocycles. The molecule has 19 heteroatoms. The summed E-state index contributed by atoms with van der Waals surface area (Å²) in [7, 11) is -9.90. The molecule has 0 aromatic heterocycles. The Hall–Kier alpha value is -1.94. The Bertz CT molecular complexity index is 1760. The molecule has 0 amide bonds. The summed E-state index contributed by atoms with van der Waals surface area (Å²) < 4.78 is 68.3. The minimum atomic E-state index is -4.95. The zero-order valence-electron chi connectivity index (χ0n) is 59.0. The third-order valence-electron chi connectivity index (χ3n) is 17.1. The van der Waals surface area contributed by atoms with Gasteiger partial charge in [-0.1, -0.05) is 324 Å². The Morgan fingerprint density at radius 3 is 0.780 bits per heavy atom. The highest BCUT2D eigenvalue weighted by atomic mass is 31.2. The average Bonchev–Trinajstić information content (AvgIpc) is 3.57. The predicted octanol–water partition coefficient (Wildman–Crippen LogP) is 20.9. The molecule has 0 fully saturated rings. The first-order valence-electron chi connectivity index (χ1n) is 37.7. The van der Waals surface area contributed by atoms with Crippen molar-refractivity contribution in [3.63, 3.8) is 0 Å². The maximum atomic E-state index is 13.0. The Morgan fingerprint density at radius 1 is 0.308 bits per heavy atom. The van der Waals surface area contributed by atoms with Crippen LogP contribution < -0.4 is 0 Å². The van der Waals surface area contributed by atoms with Crippen LogP contribution in [-0.4, -0.2) is 96.7 Å². The van der Waals surface area contributed by atoms with Gasteiger partial charge >= 0.3 is 39.5 Å². The lowest BCUT2D eigenvalue weighted by molar-refractivity contribution is -0.161. The summed E-state index contributed by atoms with van der Waals surface area (Å²) in [5.74, 6) is -1.32. The molecule has 91 heavy (non-hydrogen) atoms. The Balaban J connectivity index is 5.21. The van der Waals surface area contributed by atoms with Crippen molar-refractivity contribution < 1.29 is 80.2 Å². The van der Waals surface area contributed by atoms with Gasteiger partial charge in [0, 0.05) is 25.7 Å². The molecule has 3 unspecified atom stereocenters. The number of esters is 4. The molecule has 0 spiro atoms. The number of carbonyl (C=O) groups excluding carboxylic acids is 4. The molecule has 3 N–H and O–H groups in total. The fourth-order valence-electron chi connectivity index (χ4n) is 11.0. The lowest BCUT2D eigenvalue weighted by atomic mass is 9.99. The first-order chi connectivity index (χ1) is 44.1. The maximum Gasteiger partial charge on any atom is 0.472 e. The van der Waals surface area contributed by atoms with E-state index in [2.05, 4.69) is 34.6 Å². The summed E-state index contributed by atoms with van der Waals surface area (Å²) in [5.41, 5.74) is 0. The van der Waals surface area contributed by atoms with Gasteiger partial charge in [0.2, 0.25) is 0 Å². The van der Waals surface area contributed by atoms with Crippen LogP contribution in [0.3, 0.4) is 0 Å². The summed E-state index contributed by atoms with van der Waals surface area (Å²) in [6.45, 7) is 7.26. The molecular formula is C72H140O17P2. The molecule has 0 aliphatic rings. The van der Waals surface area contributed by atoms with E-state index >= 15 is 0 Å². The monoisotopic (exact) mass is 1340 g/mol. The minimum Gasteiger partial charge on any atom is -0.462 e. The third kappa shape index (κ3) is 65.1. The topological polar surface area (TPSA) is 237 Å². The van der Waals surface area contributed by atoms with Crippen LogP contribution in [0.2, 0.25) is 0 Å². The van der Waals surface area contributed by atoms with Gasteiger partial charge in [-0.2, -0.15) is 0 Å². The molecule has 0 saturated carbocycles. The number of ether oxygens (including phenoxy) is 4. The van der Waals surface area contributed by atoms with Crippen molar-refractivity contribution in [2.45, 2.75) is 393 Å². The Morgan fingerprint density at radius 2 is 0.527 bits per heavy atom. The van der Waals surface area contributed by atoms with E-state index in [1.807, 2.05) is 0 Å². The minimum absolute atomic E-state index is 0.106. The van der Waals surface area contributed by atoms with E-state index in [0.29, 0.717) is 25.7 Å². The van der Waals surface area contributed by atoms with Crippen molar-refractivity contribution >= 4 is 39.5 Å². The molecule has 17 nitrogen and oxygen atoms in total. The van der Waals surface area contributed by atoms with Crippen molar-refractivity contribution in [3.05, 3.63) is 0 Å². The van der Waals surface area contributed by atoms with Crippen LogP contribution in [0.15, 0.2) is 0 Å². The van der Waals surface area contributed by atoms with Crippen LogP contribution in [0, 0.1) is 5.92 Å². The quantitative estimate of drug-likeness (QED) is 0.0222. The molecule has 0 aromatic carbocycles. The van der Waals surface area contributed by atoms with Gasteiger partial charge in [0.15, 0.2) is 12.2 Å². The van der Waals surface area contributed by atoms with E-state index in [1.165, 1.54) is 186 Å². The standard InChI is InChI=1S/C72H140O17P2/c1-6-10-13-16-19-21-23-25-27-29-31-36-41-46-51-56-70(75)83-62-68(89-71(76)57-52-47-42-37-32-30-28-26-24-22-20-17-14-11-7-2)64-87-91(80,81)85-60-66(73)59-84-90(78,79)86-63-67(61-82-69(74)55-50-45-39-18-15-12-8-3)88-72(77)58-53-48-43-38-34-33-35-40-44-49-54-65(5)9-4/h65-68,73H,6-64H2,1-5H3,(H,78,79)(H,80,81)/t65?,66-,67+,68+/m0/s1. The van der Waals surface area contributed by atoms with Gasteiger partial charge in [-0.25, -0.2) is 9.13 Å². The summed E-state index contributed by atoms with van der Waals surface area (Å²) >= 11 is 0. The summed E-state index contributed by atoms with van der Waals surface area (Å²) in [5, 5.41) is 10.6. The molecule has 0 bridgehead atoms. The molecule has 0 rings (SSSR count). The van der Waals surface area contributed by atoms with Crippen molar-refractivity contribution in [1.82, 2.24) is 0 Å². The van der Waals surface area contributed by atoms with Crippen molar-refractivity contribution in [2.75, 3.05) is 39.6 Å². The second-order valence-corrected chi connectivity index (χ2v) is 29.1. The second kappa shape index (κ2) is 65.4.